The van der Waals surface area contributed by atoms with E-state index in [1.165, 1.54) is 11.8 Å². The van der Waals surface area contributed by atoms with Crippen molar-refractivity contribution in [3.05, 3.63) is 52.6 Å². The molecule has 4 nitrogen and oxygen atoms in total. The number of rotatable bonds is 2. The van der Waals surface area contributed by atoms with Gasteiger partial charge < -0.3 is 4.74 Å². The van der Waals surface area contributed by atoms with E-state index < -0.39 is 12.0 Å². The minimum atomic E-state index is -4.50. The molecule has 0 bridgehead atoms. The monoisotopic (exact) mass is 335 g/mol. The number of alkyl halides is 3. The number of hydrogen-bond donors (Lipinski definition) is 0. The second-order valence-electron chi connectivity index (χ2n) is 6.16. The fraction of sp³-hybridized carbons (Fsp3) is 0.412. The molecule has 2 aliphatic rings. The van der Waals surface area contributed by atoms with E-state index in [-0.39, 0.29) is 0 Å². The molecule has 0 saturated carbocycles. The average Bonchev–Trinajstić information content (AvgIpc) is 3.01. The molecule has 0 fully saturated rings. The second-order valence-corrected chi connectivity index (χ2v) is 6.16. The van der Waals surface area contributed by atoms with Gasteiger partial charge in [0.05, 0.1) is 12.3 Å². The van der Waals surface area contributed by atoms with Crippen molar-refractivity contribution in [3.63, 3.8) is 0 Å². The lowest BCUT2D eigenvalue weighted by Crippen LogP contribution is -2.31. The van der Waals surface area contributed by atoms with Crippen LogP contribution in [0.2, 0.25) is 0 Å². The Kier molecular flexibility index (Phi) is 3.68. The molecule has 2 aliphatic heterocycles. The molecule has 2 aromatic rings. The summed E-state index contributed by atoms with van der Waals surface area (Å²) in [4.78, 5) is 9.30. The van der Waals surface area contributed by atoms with Crippen molar-refractivity contribution in [1.82, 2.24) is 14.9 Å². The molecular weight excluding hydrogens is 319 g/mol. The molecule has 7 heteroatoms. The van der Waals surface area contributed by atoms with E-state index in [1.54, 1.807) is 0 Å². The first-order valence-corrected chi connectivity index (χ1v) is 7.88. The highest BCUT2D eigenvalue weighted by Gasteiger charge is 2.35. The lowest BCUT2D eigenvalue weighted by atomic mass is 10.0. The molecule has 0 radical (unpaired) electrons. The van der Waals surface area contributed by atoms with Crippen molar-refractivity contribution in [2.75, 3.05) is 13.2 Å². The molecule has 0 N–H and O–H groups in total. The Morgan fingerprint density at radius 3 is 2.88 bits per heavy atom. The van der Waals surface area contributed by atoms with Crippen molar-refractivity contribution in [2.45, 2.75) is 32.1 Å². The lowest BCUT2D eigenvalue weighted by molar-refractivity contribution is -0.145. The van der Waals surface area contributed by atoms with E-state index in [2.05, 4.69) is 20.9 Å². The van der Waals surface area contributed by atoms with Crippen molar-refractivity contribution in [3.8, 4) is 5.75 Å². The van der Waals surface area contributed by atoms with Gasteiger partial charge >= 0.3 is 6.18 Å². The summed E-state index contributed by atoms with van der Waals surface area (Å²) in [6.45, 7) is 2.61. The third kappa shape index (κ3) is 2.96. The van der Waals surface area contributed by atoms with Gasteiger partial charge in [-0.3, -0.25) is 4.90 Å². The van der Waals surface area contributed by atoms with Crippen LogP contribution in [0.15, 0.2) is 24.4 Å². The summed E-state index contributed by atoms with van der Waals surface area (Å²) in [5, 5.41) is 0. The van der Waals surface area contributed by atoms with Gasteiger partial charge in [-0.2, -0.15) is 13.2 Å². The van der Waals surface area contributed by atoms with Crippen molar-refractivity contribution >= 4 is 0 Å². The van der Waals surface area contributed by atoms with Gasteiger partial charge in [0.2, 0.25) is 5.82 Å². The fourth-order valence-electron chi connectivity index (χ4n) is 3.23. The molecule has 0 amide bonds. The molecule has 0 saturated heterocycles. The summed E-state index contributed by atoms with van der Waals surface area (Å²) >= 11 is 0. The SMILES string of the molecule is FC(F)(F)c1ncc2c(n1)CN(Cc1ccc3c(c1)CCO3)CC2. The Morgan fingerprint density at radius 2 is 2.04 bits per heavy atom. The summed E-state index contributed by atoms with van der Waals surface area (Å²) < 4.78 is 43.8. The van der Waals surface area contributed by atoms with E-state index in [9.17, 15) is 13.2 Å². The minimum absolute atomic E-state index is 0.411. The highest BCUT2D eigenvalue weighted by Crippen LogP contribution is 2.29. The van der Waals surface area contributed by atoms with E-state index in [0.29, 0.717) is 31.8 Å². The van der Waals surface area contributed by atoms with Gasteiger partial charge in [-0.25, -0.2) is 9.97 Å². The predicted molar refractivity (Wildman–Crippen MR) is 80.5 cm³/mol. The van der Waals surface area contributed by atoms with E-state index in [0.717, 1.165) is 29.8 Å². The predicted octanol–water partition coefficient (Wildman–Crippen LogP) is 2.99. The number of nitrogens with zero attached hydrogens (tertiary/aromatic N) is 3. The normalized spacial score (nSPS) is 17.3. The highest BCUT2D eigenvalue weighted by atomic mass is 19.4. The molecule has 0 spiro atoms. The number of ether oxygens (including phenoxy) is 1. The van der Waals surface area contributed by atoms with E-state index in [1.807, 2.05) is 12.1 Å². The largest absolute Gasteiger partial charge is 0.493 e. The average molecular weight is 335 g/mol. The zero-order valence-corrected chi connectivity index (χ0v) is 12.9. The van der Waals surface area contributed by atoms with Crippen LogP contribution < -0.4 is 4.74 Å². The lowest BCUT2D eigenvalue weighted by Gasteiger charge is -2.28. The summed E-state index contributed by atoms with van der Waals surface area (Å²) in [6, 6.07) is 6.11. The Morgan fingerprint density at radius 1 is 1.17 bits per heavy atom. The van der Waals surface area contributed by atoms with Crippen LogP contribution in [0.4, 0.5) is 13.2 Å². The van der Waals surface area contributed by atoms with Crippen LogP contribution in [0.1, 0.15) is 28.2 Å². The van der Waals surface area contributed by atoms with Crippen molar-refractivity contribution in [2.24, 2.45) is 0 Å². The minimum Gasteiger partial charge on any atom is -0.493 e. The van der Waals surface area contributed by atoms with Crippen LogP contribution in [0, 0.1) is 0 Å². The first-order chi connectivity index (χ1) is 11.5. The van der Waals surface area contributed by atoms with E-state index >= 15 is 0 Å². The molecule has 1 aromatic heterocycles. The smallest absolute Gasteiger partial charge is 0.451 e. The zero-order chi connectivity index (χ0) is 16.7. The highest BCUT2D eigenvalue weighted by molar-refractivity contribution is 5.39. The number of aromatic nitrogens is 2. The number of benzene rings is 1. The van der Waals surface area contributed by atoms with Gasteiger partial charge in [-0.15, -0.1) is 0 Å². The molecule has 0 atom stereocenters. The maximum atomic E-state index is 12.8. The Labute approximate surface area is 137 Å². The maximum Gasteiger partial charge on any atom is 0.451 e. The first-order valence-electron chi connectivity index (χ1n) is 7.88. The van der Waals surface area contributed by atoms with Gasteiger partial charge in [0.1, 0.15) is 5.75 Å². The topological polar surface area (TPSA) is 38.2 Å². The third-order valence-electron chi connectivity index (χ3n) is 4.44. The first kappa shape index (κ1) is 15.4. The number of fused-ring (bicyclic) bond motifs is 2. The third-order valence-corrected chi connectivity index (χ3v) is 4.44. The molecular formula is C17H16F3N3O. The quantitative estimate of drug-likeness (QED) is 0.846. The number of hydrogen-bond acceptors (Lipinski definition) is 4. The summed E-state index contributed by atoms with van der Waals surface area (Å²) in [5.74, 6) is -0.122. The molecule has 0 unspecified atom stereocenters. The summed E-state index contributed by atoms with van der Waals surface area (Å²) in [6.07, 6.45) is -1.61. The second kappa shape index (κ2) is 5.73. The molecule has 0 aliphatic carbocycles. The molecule has 3 heterocycles. The van der Waals surface area contributed by atoms with Gasteiger partial charge in [0.25, 0.3) is 0 Å². The van der Waals surface area contributed by atoms with Crippen molar-refractivity contribution < 1.29 is 17.9 Å². The van der Waals surface area contributed by atoms with Crippen LogP contribution in [0.5, 0.6) is 5.75 Å². The van der Waals surface area contributed by atoms with Crippen molar-refractivity contribution in [1.29, 1.82) is 0 Å². The van der Waals surface area contributed by atoms with Gasteiger partial charge in [-0.05, 0) is 29.2 Å². The Bertz CT molecular complexity index is 776. The molecule has 4 rings (SSSR count). The Hall–Kier alpha value is -2.15. The van der Waals surface area contributed by atoms with E-state index in [4.69, 9.17) is 4.74 Å². The van der Waals surface area contributed by atoms with Crippen LogP contribution in [-0.4, -0.2) is 28.0 Å². The van der Waals surface area contributed by atoms with Crippen LogP contribution in [-0.2, 0) is 32.1 Å². The maximum absolute atomic E-state index is 12.8. The van der Waals surface area contributed by atoms with Crippen LogP contribution in [0.3, 0.4) is 0 Å². The molecule has 24 heavy (non-hydrogen) atoms. The van der Waals surface area contributed by atoms with Crippen LogP contribution in [0.25, 0.3) is 0 Å². The Balaban J connectivity index is 1.51. The zero-order valence-electron chi connectivity index (χ0n) is 12.9. The standard InChI is InChI=1S/C17H16F3N3O/c18-17(19,20)16-21-8-13-3-5-23(10-14(13)22-16)9-11-1-2-15-12(7-11)4-6-24-15/h1-2,7-8H,3-6,9-10H2. The molecule has 1 aromatic carbocycles. The summed E-state index contributed by atoms with van der Waals surface area (Å²) in [5.41, 5.74) is 3.63. The van der Waals surface area contributed by atoms with Gasteiger partial charge in [0, 0.05) is 32.3 Å². The van der Waals surface area contributed by atoms with Gasteiger partial charge in [-0.1, -0.05) is 12.1 Å². The summed E-state index contributed by atoms with van der Waals surface area (Å²) in [7, 11) is 0. The fourth-order valence-corrected chi connectivity index (χ4v) is 3.23. The van der Waals surface area contributed by atoms with Crippen LogP contribution >= 0.6 is 0 Å². The van der Waals surface area contributed by atoms with Gasteiger partial charge in [0.15, 0.2) is 0 Å². The molecule has 126 valence electrons. The number of halogens is 3.